The second kappa shape index (κ2) is 17.3. The van der Waals surface area contributed by atoms with Crippen LogP contribution in [0, 0.1) is 0 Å². The molecule has 2 rings (SSSR count). The molecule has 0 saturated heterocycles. The zero-order valence-electron chi connectivity index (χ0n) is 20.9. The van der Waals surface area contributed by atoms with Gasteiger partial charge in [0.2, 0.25) is 0 Å². The van der Waals surface area contributed by atoms with E-state index in [0.29, 0.717) is 6.54 Å². The number of hydrogen-bond acceptors (Lipinski definition) is 4. The Labute approximate surface area is 201 Å². The lowest BCUT2D eigenvalue weighted by molar-refractivity contribution is 0.282. The van der Waals surface area contributed by atoms with Gasteiger partial charge in [0, 0.05) is 18.3 Å². The molecule has 2 aromatic rings. The zero-order valence-corrected chi connectivity index (χ0v) is 20.9. The topological polar surface area (TPSA) is 50.7 Å². The van der Waals surface area contributed by atoms with E-state index < -0.39 is 0 Å². The summed E-state index contributed by atoms with van der Waals surface area (Å²) in [6, 6.07) is 13.9. The molecule has 0 spiro atoms. The van der Waals surface area contributed by atoms with Crippen LogP contribution >= 0.6 is 0 Å². The average molecular weight is 456 g/mol. The van der Waals surface area contributed by atoms with Crippen molar-refractivity contribution in [1.29, 1.82) is 0 Å². The molecular weight excluding hydrogens is 410 g/mol. The molecule has 0 saturated carbocycles. The summed E-state index contributed by atoms with van der Waals surface area (Å²) < 4.78 is 11.5. The Morgan fingerprint density at radius 1 is 0.727 bits per heavy atom. The lowest BCUT2D eigenvalue weighted by Gasteiger charge is -2.12. The molecule has 0 bridgehead atoms. The van der Waals surface area contributed by atoms with Gasteiger partial charge in [-0.05, 0) is 41.8 Å². The third kappa shape index (κ3) is 12.0. The van der Waals surface area contributed by atoms with Crippen molar-refractivity contribution in [3.05, 3.63) is 53.6 Å². The maximum Gasteiger partial charge on any atom is 0.123 e. The van der Waals surface area contributed by atoms with Crippen LogP contribution < -0.4 is 14.8 Å². The zero-order chi connectivity index (χ0) is 23.6. The summed E-state index contributed by atoms with van der Waals surface area (Å²) in [5.41, 5.74) is 2.99. The molecule has 0 unspecified atom stereocenters. The van der Waals surface area contributed by atoms with Crippen LogP contribution in [0.25, 0.3) is 0 Å². The lowest BCUT2D eigenvalue weighted by Crippen LogP contribution is -2.02. The van der Waals surface area contributed by atoms with Gasteiger partial charge in [-0.15, -0.1) is 0 Å². The normalized spacial score (nSPS) is 10.9. The van der Waals surface area contributed by atoms with Gasteiger partial charge in [-0.25, -0.2) is 0 Å². The quantitative estimate of drug-likeness (QED) is 0.212. The maximum atomic E-state index is 9.31. The molecule has 0 aliphatic heterocycles. The van der Waals surface area contributed by atoms with Crippen LogP contribution in [0.15, 0.2) is 42.5 Å². The summed E-state index contributed by atoms with van der Waals surface area (Å²) in [6.07, 6.45) is 16.2. The van der Waals surface area contributed by atoms with E-state index in [1.807, 2.05) is 36.4 Å². The first-order valence-corrected chi connectivity index (χ1v) is 13.0. The fourth-order valence-corrected chi connectivity index (χ4v) is 4.05. The fourth-order valence-electron chi connectivity index (χ4n) is 4.05. The minimum Gasteiger partial charge on any atom is -0.497 e. The molecule has 4 heteroatoms. The number of ether oxygens (including phenoxy) is 2. The van der Waals surface area contributed by atoms with E-state index >= 15 is 0 Å². The van der Waals surface area contributed by atoms with Gasteiger partial charge >= 0.3 is 0 Å². The van der Waals surface area contributed by atoms with E-state index in [9.17, 15) is 5.11 Å². The highest BCUT2D eigenvalue weighted by Crippen LogP contribution is 2.24. The second-order valence-corrected chi connectivity index (χ2v) is 8.97. The first kappa shape index (κ1) is 27.0. The Hall–Kier alpha value is -2.20. The van der Waals surface area contributed by atoms with Crippen LogP contribution in [0.1, 0.15) is 95.1 Å². The van der Waals surface area contributed by atoms with Crippen LogP contribution in [0.4, 0.5) is 5.69 Å². The number of unbranched alkanes of at least 4 members (excludes halogenated alkanes) is 11. The molecule has 184 valence electrons. The predicted molar refractivity (Wildman–Crippen MR) is 139 cm³/mol. The Balaban J connectivity index is 1.62. The summed E-state index contributed by atoms with van der Waals surface area (Å²) in [6.45, 7) is 3.74. The van der Waals surface area contributed by atoms with Gasteiger partial charge in [0.15, 0.2) is 0 Å². The maximum absolute atomic E-state index is 9.31. The van der Waals surface area contributed by atoms with Gasteiger partial charge < -0.3 is 19.9 Å². The van der Waals surface area contributed by atoms with Crippen LogP contribution in [0.3, 0.4) is 0 Å². The summed E-state index contributed by atoms with van der Waals surface area (Å²) in [5, 5.41) is 12.7. The summed E-state index contributed by atoms with van der Waals surface area (Å²) in [4.78, 5) is 0. The van der Waals surface area contributed by atoms with Gasteiger partial charge in [0.05, 0.1) is 20.3 Å². The molecule has 0 amide bonds. The SMILES string of the molecule is CCCCCCCCCCCCCCOc1cc(CNc2cccc(CO)c2)cc(OC)c1. The van der Waals surface area contributed by atoms with Crippen molar-refractivity contribution in [3.63, 3.8) is 0 Å². The van der Waals surface area contributed by atoms with E-state index in [-0.39, 0.29) is 6.61 Å². The van der Waals surface area contributed by atoms with E-state index in [1.54, 1.807) is 7.11 Å². The van der Waals surface area contributed by atoms with E-state index in [1.165, 1.54) is 70.6 Å². The van der Waals surface area contributed by atoms with Crippen molar-refractivity contribution in [2.75, 3.05) is 19.0 Å². The monoisotopic (exact) mass is 455 g/mol. The fraction of sp³-hybridized carbons (Fsp3) is 0.586. The average Bonchev–Trinajstić information content (AvgIpc) is 2.85. The highest BCUT2D eigenvalue weighted by atomic mass is 16.5. The van der Waals surface area contributed by atoms with Gasteiger partial charge in [-0.2, -0.15) is 0 Å². The molecule has 4 nitrogen and oxygen atoms in total. The highest BCUT2D eigenvalue weighted by Gasteiger charge is 2.04. The predicted octanol–water partition coefficient (Wildman–Crippen LogP) is 7.88. The van der Waals surface area contributed by atoms with Crippen molar-refractivity contribution in [1.82, 2.24) is 0 Å². The van der Waals surface area contributed by atoms with E-state index in [4.69, 9.17) is 9.47 Å². The van der Waals surface area contributed by atoms with Crippen LogP contribution in [0.2, 0.25) is 0 Å². The molecular formula is C29H45NO3. The van der Waals surface area contributed by atoms with E-state index in [0.717, 1.165) is 41.3 Å². The van der Waals surface area contributed by atoms with Crippen molar-refractivity contribution < 1.29 is 14.6 Å². The number of rotatable bonds is 19. The molecule has 0 aliphatic rings. The lowest BCUT2D eigenvalue weighted by atomic mass is 10.1. The molecule has 0 atom stereocenters. The largest absolute Gasteiger partial charge is 0.497 e. The Morgan fingerprint density at radius 2 is 1.36 bits per heavy atom. The van der Waals surface area contributed by atoms with Crippen molar-refractivity contribution in [3.8, 4) is 11.5 Å². The third-order valence-corrected chi connectivity index (χ3v) is 6.05. The van der Waals surface area contributed by atoms with E-state index in [2.05, 4.69) is 18.3 Å². The number of hydrogen-bond donors (Lipinski definition) is 2. The first-order chi connectivity index (χ1) is 16.2. The molecule has 0 heterocycles. The standard InChI is InChI=1S/C29H45NO3/c1-3-4-5-6-7-8-9-10-11-12-13-14-18-33-29-21-26(20-28(22-29)32-2)23-30-27-17-15-16-25(19-27)24-31/h15-17,19-22,30-31H,3-14,18,23-24H2,1-2H3. The molecule has 0 aromatic heterocycles. The van der Waals surface area contributed by atoms with Crippen LogP contribution in [0.5, 0.6) is 11.5 Å². The first-order valence-electron chi connectivity index (χ1n) is 13.0. The number of methoxy groups -OCH3 is 1. The molecule has 33 heavy (non-hydrogen) atoms. The van der Waals surface area contributed by atoms with Crippen molar-refractivity contribution >= 4 is 5.69 Å². The van der Waals surface area contributed by atoms with Crippen LogP contribution in [-0.4, -0.2) is 18.8 Å². The third-order valence-electron chi connectivity index (χ3n) is 6.05. The second-order valence-electron chi connectivity index (χ2n) is 8.97. The minimum absolute atomic E-state index is 0.0474. The summed E-state index contributed by atoms with van der Waals surface area (Å²) >= 11 is 0. The molecule has 2 aromatic carbocycles. The number of nitrogens with one attached hydrogen (secondary N) is 1. The Bertz CT molecular complexity index is 762. The van der Waals surface area contributed by atoms with Crippen LogP contribution in [-0.2, 0) is 13.2 Å². The summed E-state index contributed by atoms with van der Waals surface area (Å²) in [7, 11) is 1.69. The Morgan fingerprint density at radius 3 is 2.00 bits per heavy atom. The highest BCUT2D eigenvalue weighted by molar-refractivity contribution is 5.47. The number of aliphatic hydroxyl groups is 1. The number of aliphatic hydroxyl groups excluding tert-OH is 1. The van der Waals surface area contributed by atoms with Crippen molar-refractivity contribution in [2.24, 2.45) is 0 Å². The Kier molecular flexibility index (Phi) is 14.2. The van der Waals surface area contributed by atoms with Crippen molar-refractivity contribution in [2.45, 2.75) is 97.1 Å². The van der Waals surface area contributed by atoms with Gasteiger partial charge in [0.1, 0.15) is 11.5 Å². The molecule has 0 fully saturated rings. The number of anilines is 1. The summed E-state index contributed by atoms with van der Waals surface area (Å²) in [5.74, 6) is 1.67. The van der Waals surface area contributed by atoms with Gasteiger partial charge in [-0.3, -0.25) is 0 Å². The molecule has 2 N–H and O–H groups in total. The van der Waals surface area contributed by atoms with Gasteiger partial charge in [0.25, 0.3) is 0 Å². The molecule has 0 radical (unpaired) electrons. The molecule has 0 aliphatic carbocycles. The minimum atomic E-state index is 0.0474. The van der Waals surface area contributed by atoms with Gasteiger partial charge in [-0.1, -0.05) is 89.7 Å². The number of benzene rings is 2. The smallest absolute Gasteiger partial charge is 0.123 e.